The maximum atomic E-state index is 12.5. The van der Waals surface area contributed by atoms with Crippen molar-refractivity contribution in [1.29, 1.82) is 0 Å². The lowest BCUT2D eigenvalue weighted by atomic mass is 10.0. The first-order chi connectivity index (χ1) is 13.3. The molecule has 8 nitrogen and oxygen atoms in total. The summed E-state index contributed by atoms with van der Waals surface area (Å²) in [6.07, 6.45) is 0.564. The van der Waals surface area contributed by atoms with Gasteiger partial charge in [-0.3, -0.25) is 19.2 Å². The molecule has 0 fully saturated rings. The average molecular weight is 382 g/mol. The van der Waals surface area contributed by atoms with Crippen molar-refractivity contribution in [1.82, 2.24) is 14.9 Å². The topological polar surface area (TPSA) is 126 Å². The molecule has 146 valence electrons. The number of nitrogens with zero attached hydrogens (tertiary/aromatic N) is 2. The van der Waals surface area contributed by atoms with Crippen LogP contribution in [0.25, 0.3) is 11.4 Å². The van der Waals surface area contributed by atoms with E-state index in [1.54, 1.807) is 36.1 Å². The SMILES string of the molecule is CC(=O)[C@H](C)CC(=O)N1CCc2c(nc(-c3ccc(C(N)=O)cc3)[nH]c2=O)C1. The molecular weight excluding hydrogens is 360 g/mol. The maximum absolute atomic E-state index is 12.5. The van der Waals surface area contributed by atoms with Gasteiger partial charge in [0.15, 0.2) is 0 Å². The number of aromatic nitrogens is 2. The van der Waals surface area contributed by atoms with Crippen LogP contribution in [-0.2, 0) is 22.6 Å². The molecule has 2 heterocycles. The van der Waals surface area contributed by atoms with Crippen LogP contribution in [0.15, 0.2) is 29.1 Å². The highest BCUT2D eigenvalue weighted by Gasteiger charge is 2.26. The van der Waals surface area contributed by atoms with Gasteiger partial charge >= 0.3 is 0 Å². The van der Waals surface area contributed by atoms with Crippen LogP contribution in [0.1, 0.15) is 41.9 Å². The summed E-state index contributed by atoms with van der Waals surface area (Å²) in [5, 5.41) is 0. The van der Waals surface area contributed by atoms with Crippen molar-refractivity contribution in [3.63, 3.8) is 0 Å². The summed E-state index contributed by atoms with van der Waals surface area (Å²) >= 11 is 0. The fourth-order valence-electron chi connectivity index (χ4n) is 3.12. The molecule has 1 aliphatic heterocycles. The average Bonchev–Trinajstić information content (AvgIpc) is 2.67. The van der Waals surface area contributed by atoms with Crippen LogP contribution in [0.2, 0.25) is 0 Å². The first kappa shape index (κ1) is 19.5. The molecular formula is C20H22N4O4. The fourth-order valence-corrected chi connectivity index (χ4v) is 3.12. The second-order valence-electron chi connectivity index (χ2n) is 7.06. The van der Waals surface area contributed by atoms with E-state index in [2.05, 4.69) is 9.97 Å². The Morgan fingerprint density at radius 2 is 1.93 bits per heavy atom. The van der Waals surface area contributed by atoms with Gasteiger partial charge in [0.2, 0.25) is 11.8 Å². The fraction of sp³-hybridized carbons (Fsp3) is 0.350. The van der Waals surface area contributed by atoms with Gasteiger partial charge in [0.05, 0.1) is 12.2 Å². The number of aromatic amines is 1. The highest BCUT2D eigenvalue weighted by Crippen LogP contribution is 2.20. The summed E-state index contributed by atoms with van der Waals surface area (Å²) in [5.41, 5.74) is 7.13. The van der Waals surface area contributed by atoms with Crippen molar-refractivity contribution in [3.8, 4) is 11.4 Å². The lowest BCUT2D eigenvalue weighted by Gasteiger charge is -2.28. The molecule has 2 aromatic rings. The van der Waals surface area contributed by atoms with Crippen LogP contribution in [-0.4, -0.2) is 39.0 Å². The number of benzene rings is 1. The third kappa shape index (κ3) is 4.00. The smallest absolute Gasteiger partial charge is 0.254 e. The van der Waals surface area contributed by atoms with Crippen LogP contribution in [0.4, 0.5) is 0 Å². The third-order valence-electron chi connectivity index (χ3n) is 5.04. The molecule has 0 unspecified atom stereocenters. The van der Waals surface area contributed by atoms with E-state index in [1.165, 1.54) is 6.92 Å². The molecule has 0 spiro atoms. The zero-order valence-electron chi connectivity index (χ0n) is 15.8. The molecule has 1 aliphatic rings. The Morgan fingerprint density at radius 3 is 2.54 bits per heavy atom. The zero-order chi connectivity index (χ0) is 20.4. The van der Waals surface area contributed by atoms with E-state index >= 15 is 0 Å². The summed E-state index contributed by atoms with van der Waals surface area (Å²) in [7, 11) is 0. The standard InChI is InChI=1S/C20H22N4O4/c1-11(12(2)25)9-17(26)24-8-7-15-16(10-24)22-19(23-20(15)28)14-5-3-13(4-6-14)18(21)27/h3-6,11H,7-10H2,1-2H3,(H2,21,27)(H,22,23,28)/t11-/m1/s1. The molecule has 2 amide bonds. The lowest BCUT2D eigenvalue weighted by molar-refractivity contribution is -0.135. The van der Waals surface area contributed by atoms with Crippen LogP contribution in [0.3, 0.4) is 0 Å². The molecule has 3 N–H and O–H groups in total. The molecule has 0 aliphatic carbocycles. The van der Waals surface area contributed by atoms with Crippen LogP contribution in [0.5, 0.6) is 0 Å². The number of primary amides is 1. The van der Waals surface area contributed by atoms with E-state index in [9.17, 15) is 19.2 Å². The van der Waals surface area contributed by atoms with Gasteiger partial charge in [-0.1, -0.05) is 19.1 Å². The number of carbonyl (C=O) groups is 3. The molecule has 1 atom stereocenters. The number of amides is 2. The Labute approximate surface area is 161 Å². The van der Waals surface area contributed by atoms with E-state index in [-0.39, 0.29) is 36.1 Å². The highest BCUT2D eigenvalue weighted by atomic mass is 16.2. The minimum Gasteiger partial charge on any atom is -0.366 e. The molecule has 1 aromatic carbocycles. The van der Waals surface area contributed by atoms with Crippen molar-refractivity contribution >= 4 is 17.6 Å². The number of hydrogen-bond acceptors (Lipinski definition) is 5. The number of rotatable bonds is 5. The molecule has 28 heavy (non-hydrogen) atoms. The van der Waals surface area contributed by atoms with Crippen molar-refractivity contribution in [2.45, 2.75) is 33.2 Å². The molecule has 0 bridgehead atoms. The van der Waals surface area contributed by atoms with Gasteiger partial charge in [0.1, 0.15) is 11.6 Å². The van der Waals surface area contributed by atoms with E-state index in [0.717, 1.165) is 0 Å². The molecule has 0 saturated heterocycles. The van der Waals surface area contributed by atoms with Crippen LogP contribution >= 0.6 is 0 Å². The third-order valence-corrected chi connectivity index (χ3v) is 5.04. The van der Waals surface area contributed by atoms with E-state index in [1.807, 2.05) is 0 Å². The van der Waals surface area contributed by atoms with Gasteiger partial charge in [0, 0.05) is 35.6 Å². The van der Waals surface area contributed by atoms with Crippen molar-refractivity contribution in [3.05, 3.63) is 51.4 Å². The van der Waals surface area contributed by atoms with Crippen LogP contribution in [0, 0.1) is 5.92 Å². The van der Waals surface area contributed by atoms with Gasteiger partial charge < -0.3 is 15.6 Å². The predicted octanol–water partition coefficient (Wildman–Crippen LogP) is 1.04. The molecule has 0 saturated carbocycles. The van der Waals surface area contributed by atoms with Gasteiger partial charge in [-0.25, -0.2) is 4.98 Å². The second kappa shape index (κ2) is 7.75. The number of carbonyl (C=O) groups excluding carboxylic acids is 3. The predicted molar refractivity (Wildman–Crippen MR) is 102 cm³/mol. The molecule has 3 rings (SSSR count). The summed E-state index contributed by atoms with van der Waals surface area (Å²) < 4.78 is 0. The molecule has 1 aromatic heterocycles. The largest absolute Gasteiger partial charge is 0.366 e. The van der Waals surface area contributed by atoms with Gasteiger partial charge in [-0.15, -0.1) is 0 Å². The minimum absolute atomic E-state index is 0.0259. The summed E-state index contributed by atoms with van der Waals surface area (Å²) in [6.45, 7) is 3.86. The first-order valence-corrected chi connectivity index (χ1v) is 9.06. The monoisotopic (exact) mass is 382 g/mol. The van der Waals surface area contributed by atoms with Gasteiger partial charge in [-0.05, 0) is 25.5 Å². The number of nitrogens with two attached hydrogens (primary N) is 1. The second-order valence-corrected chi connectivity index (χ2v) is 7.06. The Balaban J connectivity index is 1.85. The molecule has 8 heteroatoms. The first-order valence-electron chi connectivity index (χ1n) is 9.06. The van der Waals surface area contributed by atoms with Gasteiger partial charge in [0.25, 0.3) is 5.56 Å². The number of fused-ring (bicyclic) bond motifs is 1. The van der Waals surface area contributed by atoms with E-state index in [4.69, 9.17) is 5.73 Å². The number of H-pyrrole nitrogens is 1. The number of hydrogen-bond donors (Lipinski definition) is 2. The van der Waals surface area contributed by atoms with E-state index < -0.39 is 5.91 Å². The molecule has 0 radical (unpaired) electrons. The summed E-state index contributed by atoms with van der Waals surface area (Å²) in [4.78, 5) is 56.5. The number of ketones is 1. The highest BCUT2D eigenvalue weighted by molar-refractivity contribution is 5.93. The number of Topliss-reactive ketones (excluding diaryl/α,β-unsaturated/α-hetero) is 1. The maximum Gasteiger partial charge on any atom is 0.254 e. The quantitative estimate of drug-likeness (QED) is 0.799. The summed E-state index contributed by atoms with van der Waals surface area (Å²) in [5.74, 6) is -0.649. The summed E-state index contributed by atoms with van der Waals surface area (Å²) in [6, 6.07) is 6.45. The Hall–Kier alpha value is -3.29. The van der Waals surface area contributed by atoms with Crippen molar-refractivity contribution in [2.24, 2.45) is 11.7 Å². The van der Waals surface area contributed by atoms with Gasteiger partial charge in [-0.2, -0.15) is 0 Å². The Morgan fingerprint density at radius 1 is 1.25 bits per heavy atom. The Kier molecular flexibility index (Phi) is 5.39. The van der Waals surface area contributed by atoms with Crippen LogP contribution < -0.4 is 11.3 Å². The Bertz CT molecular complexity index is 994. The number of nitrogens with one attached hydrogen (secondary N) is 1. The van der Waals surface area contributed by atoms with Crippen molar-refractivity contribution < 1.29 is 14.4 Å². The lowest BCUT2D eigenvalue weighted by Crippen LogP contribution is -2.40. The van der Waals surface area contributed by atoms with E-state index in [0.29, 0.717) is 41.2 Å². The normalized spacial score (nSPS) is 14.3. The van der Waals surface area contributed by atoms with Crippen molar-refractivity contribution in [2.75, 3.05) is 6.54 Å². The minimum atomic E-state index is -0.535. The zero-order valence-corrected chi connectivity index (χ0v) is 15.8.